The third-order valence-corrected chi connectivity index (χ3v) is 4.63. The first-order valence-electron chi connectivity index (χ1n) is 9.45. The molecule has 1 heterocycles. The number of hydrogen-bond donors (Lipinski definition) is 1. The molecule has 1 atom stereocenters. The molecule has 2 amide bonds. The summed E-state index contributed by atoms with van der Waals surface area (Å²) >= 11 is 0. The first kappa shape index (κ1) is 19.7. The van der Waals surface area contributed by atoms with Gasteiger partial charge in [0.15, 0.2) is 0 Å². The number of carbonyl (C=O) groups excluding carboxylic acids is 2. The van der Waals surface area contributed by atoms with Crippen molar-refractivity contribution in [3.05, 3.63) is 54.1 Å². The van der Waals surface area contributed by atoms with Gasteiger partial charge in [0.1, 0.15) is 11.5 Å². The molecule has 0 radical (unpaired) electrons. The van der Waals surface area contributed by atoms with Crippen molar-refractivity contribution < 1.29 is 19.1 Å². The first-order valence-corrected chi connectivity index (χ1v) is 9.45. The van der Waals surface area contributed by atoms with Gasteiger partial charge in [0, 0.05) is 36.7 Å². The maximum absolute atomic E-state index is 12.4. The summed E-state index contributed by atoms with van der Waals surface area (Å²) in [7, 11) is 1.61. The number of carbonyl (C=O) groups is 2. The number of hydrogen-bond acceptors (Lipinski definition) is 4. The van der Waals surface area contributed by atoms with Gasteiger partial charge in [-0.1, -0.05) is 0 Å². The summed E-state index contributed by atoms with van der Waals surface area (Å²) in [5, 5.41) is 2.93. The van der Waals surface area contributed by atoms with Crippen molar-refractivity contribution in [3.8, 4) is 11.5 Å². The van der Waals surface area contributed by atoms with Crippen LogP contribution in [0.2, 0.25) is 0 Å². The molecule has 1 saturated heterocycles. The number of ether oxygens (including phenoxy) is 2. The highest BCUT2D eigenvalue weighted by Crippen LogP contribution is 2.26. The molecule has 3 rings (SSSR count). The predicted octanol–water partition coefficient (Wildman–Crippen LogP) is 3.27. The molecule has 6 nitrogen and oxygen atoms in total. The van der Waals surface area contributed by atoms with E-state index >= 15 is 0 Å². The molecule has 1 aliphatic heterocycles. The SMILES string of the molecule is COc1ccc(N2CC(CNC(=O)c3ccc(OC(C)C)cc3)CC2=O)cc1. The number of benzene rings is 2. The Morgan fingerprint density at radius 3 is 2.36 bits per heavy atom. The Morgan fingerprint density at radius 1 is 1.11 bits per heavy atom. The number of nitrogens with one attached hydrogen (secondary N) is 1. The van der Waals surface area contributed by atoms with Crippen LogP contribution in [0.1, 0.15) is 30.6 Å². The van der Waals surface area contributed by atoms with E-state index in [9.17, 15) is 9.59 Å². The number of anilines is 1. The van der Waals surface area contributed by atoms with Gasteiger partial charge in [-0.2, -0.15) is 0 Å². The van der Waals surface area contributed by atoms with Crippen LogP contribution in [0.15, 0.2) is 48.5 Å². The van der Waals surface area contributed by atoms with Crippen molar-refractivity contribution in [2.45, 2.75) is 26.4 Å². The van der Waals surface area contributed by atoms with Crippen molar-refractivity contribution in [1.82, 2.24) is 5.32 Å². The van der Waals surface area contributed by atoms with Crippen molar-refractivity contribution in [1.29, 1.82) is 0 Å². The molecule has 1 N–H and O–H groups in total. The fourth-order valence-corrected chi connectivity index (χ4v) is 3.23. The Labute approximate surface area is 165 Å². The fraction of sp³-hybridized carbons (Fsp3) is 0.364. The molecule has 1 aliphatic rings. The molecular formula is C22H26N2O4. The number of amides is 2. The van der Waals surface area contributed by atoms with E-state index in [1.807, 2.05) is 38.1 Å². The second-order valence-corrected chi connectivity index (χ2v) is 7.17. The van der Waals surface area contributed by atoms with E-state index in [1.165, 1.54) is 0 Å². The first-order chi connectivity index (χ1) is 13.5. The molecule has 1 fully saturated rings. The summed E-state index contributed by atoms with van der Waals surface area (Å²) < 4.78 is 10.7. The molecule has 1 unspecified atom stereocenters. The van der Waals surface area contributed by atoms with Gasteiger partial charge in [0.05, 0.1) is 13.2 Å². The smallest absolute Gasteiger partial charge is 0.251 e. The minimum Gasteiger partial charge on any atom is -0.497 e. The minimum absolute atomic E-state index is 0.0691. The van der Waals surface area contributed by atoms with Gasteiger partial charge in [0.2, 0.25) is 5.91 Å². The van der Waals surface area contributed by atoms with Crippen molar-refractivity contribution in [2.24, 2.45) is 5.92 Å². The Morgan fingerprint density at radius 2 is 1.75 bits per heavy atom. The Bertz CT molecular complexity index is 815. The topological polar surface area (TPSA) is 67.9 Å². The molecule has 6 heteroatoms. The van der Waals surface area contributed by atoms with Crippen LogP contribution in [-0.2, 0) is 4.79 Å². The van der Waals surface area contributed by atoms with E-state index in [-0.39, 0.29) is 23.8 Å². The lowest BCUT2D eigenvalue weighted by molar-refractivity contribution is -0.117. The summed E-state index contributed by atoms with van der Waals surface area (Å²) in [6.45, 7) is 4.96. The van der Waals surface area contributed by atoms with Crippen LogP contribution in [0.5, 0.6) is 11.5 Å². The Balaban J connectivity index is 1.53. The van der Waals surface area contributed by atoms with Crippen LogP contribution in [0.4, 0.5) is 5.69 Å². The quantitative estimate of drug-likeness (QED) is 0.798. The average molecular weight is 382 g/mol. The average Bonchev–Trinajstić information content (AvgIpc) is 3.07. The maximum Gasteiger partial charge on any atom is 0.251 e. The fourth-order valence-electron chi connectivity index (χ4n) is 3.23. The third-order valence-electron chi connectivity index (χ3n) is 4.63. The standard InChI is InChI=1S/C22H26N2O4/c1-15(2)28-20-8-4-17(5-9-20)22(26)23-13-16-12-21(25)24(14-16)18-6-10-19(27-3)11-7-18/h4-11,15-16H,12-14H2,1-3H3,(H,23,26). The molecule has 2 aromatic carbocycles. The van der Waals surface area contributed by atoms with E-state index < -0.39 is 0 Å². The summed E-state index contributed by atoms with van der Waals surface area (Å²) in [5.74, 6) is 1.50. The van der Waals surface area contributed by atoms with E-state index in [1.54, 1.807) is 36.3 Å². The number of nitrogens with zero attached hydrogens (tertiary/aromatic N) is 1. The molecule has 0 aliphatic carbocycles. The molecular weight excluding hydrogens is 356 g/mol. The van der Waals surface area contributed by atoms with Gasteiger partial charge >= 0.3 is 0 Å². The van der Waals surface area contributed by atoms with Gasteiger partial charge < -0.3 is 19.7 Å². The minimum atomic E-state index is -0.147. The lowest BCUT2D eigenvalue weighted by Crippen LogP contribution is -2.31. The largest absolute Gasteiger partial charge is 0.497 e. The second-order valence-electron chi connectivity index (χ2n) is 7.17. The van der Waals surface area contributed by atoms with Gasteiger partial charge in [-0.05, 0) is 62.4 Å². The molecule has 148 valence electrons. The van der Waals surface area contributed by atoms with Crippen molar-refractivity contribution >= 4 is 17.5 Å². The number of methoxy groups -OCH3 is 1. The zero-order valence-electron chi connectivity index (χ0n) is 16.5. The molecule has 2 aromatic rings. The molecule has 0 saturated carbocycles. The van der Waals surface area contributed by atoms with Gasteiger partial charge in [0.25, 0.3) is 5.91 Å². The van der Waals surface area contributed by atoms with Gasteiger partial charge in [-0.25, -0.2) is 0 Å². The highest BCUT2D eigenvalue weighted by molar-refractivity contribution is 5.96. The zero-order chi connectivity index (χ0) is 20.1. The monoisotopic (exact) mass is 382 g/mol. The highest BCUT2D eigenvalue weighted by Gasteiger charge is 2.30. The summed E-state index contributed by atoms with van der Waals surface area (Å²) in [6, 6.07) is 14.5. The zero-order valence-corrected chi connectivity index (χ0v) is 16.5. The number of rotatable bonds is 7. The predicted molar refractivity (Wildman–Crippen MR) is 108 cm³/mol. The summed E-state index contributed by atoms with van der Waals surface area (Å²) in [4.78, 5) is 26.5. The van der Waals surface area contributed by atoms with Crippen LogP contribution in [-0.4, -0.2) is 38.1 Å². The van der Waals surface area contributed by atoms with E-state index in [4.69, 9.17) is 9.47 Å². The van der Waals surface area contributed by atoms with Gasteiger partial charge in [-0.15, -0.1) is 0 Å². The van der Waals surface area contributed by atoms with Crippen LogP contribution >= 0.6 is 0 Å². The van der Waals surface area contributed by atoms with Crippen molar-refractivity contribution in [3.63, 3.8) is 0 Å². The summed E-state index contributed by atoms with van der Waals surface area (Å²) in [5.41, 5.74) is 1.42. The Kier molecular flexibility index (Phi) is 6.19. The third kappa shape index (κ3) is 4.82. The lowest BCUT2D eigenvalue weighted by atomic mass is 10.1. The molecule has 28 heavy (non-hydrogen) atoms. The molecule has 0 bridgehead atoms. The molecule has 0 spiro atoms. The van der Waals surface area contributed by atoms with E-state index in [0.29, 0.717) is 25.1 Å². The van der Waals surface area contributed by atoms with E-state index in [0.717, 1.165) is 17.2 Å². The van der Waals surface area contributed by atoms with Crippen LogP contribution in [0, 0.1) is 5.92 Å². The highest BCUT2D eigenvalue weighted by atomic mass is 16.5. The molecule has 0 aromatic heterocycles. The lowest BCUT2D eigenvalue weighted by Gasteiger charge is -2.17. The second kappa shape index (κ2) is 8.78. The van der Waals surface area contributed by atoms with Gasteiger partial charge in [-0.3, -0.25) is 9.59 Å². The van der Waals surface area contributed by atoms with Crippen molar-refractivity contribution in [2.75, 3.05) is 25.1 Å². The van der Waals surface area contributed by atoms with E-state index in [2.05, 4.69) is 5.32 Å². The van der Waals surface area contributed by atoms with Crippen LogP contribution in [0.3, 0.4) is 0 Å². The Hall–Kier alpha value is -3.02. The van der Waals surface area contributed by atoms with Crippen LogP contribution < -0.4 is 19.7 Å². The maximum atomic E-state index is 12.4. The summed E-state index contributed by atoms with van der Waals surface area (Å²) in [6.07, 6.45) is 0.515. The van der Waals surface area contributed by atoms with Crippen LogP contribution in [0.25, 0.3) is 0 Å². The normalized spacial score (nSPS) is 16.4.